The number of fused-ring (bicyclic) bond motifs is 1. The number of hydrogen-bond acceptors (Lipinski definition) is 3. The van der Waals surface area contributed by atoms with Crippen molar-refractivity contribution in [1.82, 2.24) is 4.90 Å². The molecule has 0 saturated carbocycles. The smallest absolute Gasteiger partial charge is 0.0678 e. The Morgan fingerprint density at radius 1 is 1.20 bits per heavy atom. The molecule has 2 unspecified atom stereocenters. The van der Waals surface area contributed by atoms with Gasteiger partial charge in [-0.1, -0.05) is 12.1 Å². The molecule has 1 saturated heterocycles. The van der Waals surface area contributed by atoms with Gasteiger partial charge >= 0.3 is 0 Å². The van der Waals surface area contributed by atoms with Gasteiger partial charge in [0.05, 0.1) is 12.2 Å². The zero-order valence-electron chi connectivity index (χ0n) is 12.7. The van der Waals surface area contributed by atoms with Crippen LogP contribution in [0, 0.1) is 0 Å². The third kappa shape index (κ3) is 3.33. The summed E-state index contributed by atoms with van der Waals surface area (Å²) in [6.45, 7) is 8.59. The van der Waals surface area contributed by atoms with Gasteiger partial charge in [0.15, 0.2) is 0 Å². The number of aryl methyl sites for hydroxylation is 1. The molecular formula is C17H26N2O. The van der Waals surface area contributed by atoms with E-state index >= 15 is 0 Å². The largest absolute Gasteiger partial charge is 0.385 e. The van der Waals surface area contributed by atoms with Gasteiger partial charge in [0.2, 0.25) is 0 Å². The SMILES string of the molecule is CC1CN(Cc2ccc3c(c2)CCCCN3)CC(C)O1. The van der Waals surface area contributed by atoms with Crippen LogP contribution in [0.15, 0.2) is 18.2 Å². The van der Waals surface area contributed by atoms with Gasteiger partial charge in [0, 0.05) is 31.9 Å². The highest BCUT2D eigenvalue weighted by Crippen LogP contribution is 2.24. The molecule has 20 heavy (non-hydrogen) atoms. The number of nitrogens with one attached hydrogen (secondary N) is 1. The lowest BCUT2D eigenvalue weighted by Gasteiger charge is -2.35. The molecule has 3 heteroatoms. The Balaban J connectivity index is 1.69. The van der Waals surface area contributed by atoms with Gasteiger partial charge in [-0.25, -0.2) is 0 Å². The molecule has 0 aliphatic carbocycles. The number of nitrogens with zero attached hydrogens (tertiary/aromatic N) is 1. The van der Waals surface area contributed by atoms with Crippen LogP contribution in [0.25, 0.3) is 0 Å². The first kappa shape index (κ1) is 13.9. The molecule has 110 valence electrons. The molecule has 0 bridgehead atoms. The van der Waals surface area contributed by atoms with Crippen molar-refractivity contribution in [2.24, 2.45) is 0 Å². The molecule has 3 rings (SSSR count). The van der Waals surface area contributed by atoms with E-state index in [1.807, 2.05) is 0 Å². The molecule has 2 atom stereocenters. The molecule has 2 aliphatic heterocycles. The van der Waals surface area contributed by atoms with E-state index in [9.17, 15) is 0 Å². The third-order valence-corrected chi connectivity index (χ3v) is 4.26. The lowest BCUT2D eigenvalue weighted by molar-refractivity contribution is -0.0704. The maximum Gasteiger partial charge on any atom is 0.0678 e. The first-order valence-corrected chi connectivity index (χ1v) is 7.94. The van der Waals surface area contributed by atoms with Crippen LogP contribution in [-0.2, 0) is 17.7 Å². The van der Waals surface area contributed by atoms with Gasteiger partial charge < -0.3 is 10.1 Å². The van der Waals surface area contributed by atoms with Gasteiger partial charge in [-0.2, -0.15) is 0 Å². The summed E-state index contributed by atoms with van der Waals surface area (Å²) >= 11 is 0. The van der Waals surface area contributed by atoms with Gasteiger partial charge in [-0.15, -0.1) is 0 Å². The van der Waals surface area contributed by atoms with E-state index in [4.69, 9.17) is 4.74 Å². The molecule has 2 aliphatic rings. The maximum absolute atomic E-state index is 5.81. The van der Waals surface area contributed by atoms with Gasteiger partial charge in [0.25, 0.3) is 0 Å². The quantitative estimate of drug-likeness (QED) is 0.897. The summed E-state index contributed by atoms with van der Waals surface area (Å²) in [5.74, 6) is 0. The average molecular weight is 274 g/mol. The molecule has 0 spiro atoms. The maximum atomic E-state index is 5.81. The van der Waals surface area contributed by atoms with E-state index in [1.54, 1.807) is 0 Å². The van der Waals surface area contributed by atoms with Crippen LogP contribution < -0.4 is 5.32 Å². The third-order valence-electron chi connectivity index (χ3n) is 4.26. The van der Waals surface area contributed by atoms with Crippen molar-refractivity contribution in [3.05, 3.63) is 29.3 Å². The fourth-order valence-corrected chi connectivity index (χ4v) is 3.46. The second-order valence-corrected chi connectivity index (χ2v) is 6.33. The fraction of sp³-hybridized carbons (Fsp3) is 0.647. The van der Waals surface area contributed by atoms with E-state index in [0.717, 1.165) is 26.2 Å². The molecule has 0 amide bonds. The molecule has 2 heterocycles. The zero-order valence-corrected chi connectivity index (χ0v) is 12.7. The minimum absolute atomic E-state index is 0.348. The first-order valence-electron chi connectivity index (χ1n) is 7.94. The Bertz CT molecular complexity index is 450. The molecule has 1 fully saturated rings. The summed E-state index contributed by atoms with van der Waals surface area (Å²) in [4.78, 5) is 2.52. The number of anilines is 1. The summed E-state index contributed by atoms with van der Waals surface area (Å²) in [7, 11) is 0. The second kappa shape index (κ2) is 6.15. The minimum Gasteiger partial charge on any atom is -0.385 e. The zero-order chi connectivity index (χ0) is 13.9. The highest BCUT2D eigenvalue weighted by atomic mass is 16.5. The van der Waals surface area contributed by atoms with Crippen molar-refractivity contribution >= 4 is 5.69 Å². The van der Waals surface area contributed by atoms with Crippen molar-refractivity contribution in [2.45, 2.75) is 51.9 Å². The monoisotopic (exact) mass is 274 g/mol. The van der Waals surface area contributed by atoms with E-state index in [0.29, 0.717) is 12.2 Å². The summed E-state index contributed by atoms with van der Waals surface area (Å²) in [5.41, 5.74) is 4.28. The number of rotatable bonds is 2. The van der Waals surface area contributed by atoms with Crippen LogP contribution in [0.1, 0.15) is 37.8 Å². The molecular weight excluding hydrogens is 248 g/mol. The number of benzene rings is 1. The Labute approximate surface area is 122 Å². The Hall–Kier alpha value is -1.06. The van der Waals surface area contributed by atoms with Crippen LogP contribution in [0.2, 0.25) is 0 Å². The standard InChI is InChI=1S/C17H26N2O/c1-13-10-19(11-14(2)20-13)12-15-6-7-17-16(9-15)5-3-4-8-18-17/h6-7,9,13-14,18H,3-5,8,10-12H2,1-2H3. The first-order chi connectivity index (χ1) is 9.70. The number of hydrogen-bond donors (Lipinski definition) is 1. The number of ether oxygens (including phenoxy) is 1. The lowest BCUT2D eigenvalue weighted by Crippen LogP contribution is -2.44. The number of morpholine rings is 1. The van der Waals surface area contributed by atoms with Crippen LogP contribution in [0.5, 0.6) is 0 Å². The van der Waals surface area contributed by atoms with E-state index in [2.05, 4.69) is 42.3 Å². The summed E-state index contributed by atoms with van der Waals surface area (Å²) in [5, 5.41) is 3.54. The van der Waals surface area contributed by atoms with Crippen molar-refractivity contribution in [2.75, 3.05) is 25.0 Å². The Kier molecular flexibility index (Phi) is 4.27. The predicted octanol–water partition coefficient (Wildman–Crippen LogP) is 3.04. The predicted molar refractivity (Wildman–Crippen MR) is 83.2 cm³/mol. The summed E-state index contributed by atoms with van der Waals surface area (Å²) < 4.78 is 5.81. The molecule has 1 aromatic carbocycles. The van der Waals surface area contributed by atoms with Crippen LogP contribution in [0.4, 0.5) is 5.69 Å². The minimum atomic E-state index is 0.348. The topological polar surface area (TPSA) is 24.5 Å². The highest BCUT2D eigenvalue weighted by Gasteiger charge is 2.22. The molecule has 1 N–H and O–H groups in total. The van der Waals surface area contributed by atoms with E-state index in [1.165, 1.54) is 36.1 Å². The summed E-state index contributed by atoms with van der Waals surface area (Å²) in [6, 6.07) is 6.95. The van der Waals surface area contributed by atoms with E-state index < -0.39 is 0 Å². The van der Waals surface area contributed by atoms with Crippen molar-refractivity contribution in [1.29, 1.82) is 0 Å². The highest BCUT2D eigenvalue weighted by molar-refractivity contribution is 5.53. The van der Waals surface area contributed by atoms with Crippen molar-refractivity contribution in [3.8, 4) is 0 Å². The van der Waals surface area contributed by atoms with E-state index in [-0.39, 0.29) is 0 Å². The molecule has 0 aromatic heterocycles. The second-order valence-electron chi connectivity index (χ2n) is 6.33. The molecule has 3 nitrogen and oxygen atoms in total. The van der Waals surface area contributed by atoms with Crippen molar-refractivity contribution in [3.63, 3.8) is 0 Å². The van der Waals surface area contributed by atoms with Gasteiger partial charge in [-0.3, -0.25) is 4.90 Å². The Morgan fingerprint density at radius 3 is 2.80 bits per heavy atom. The molecule has 0 radical (unpaired) electrons. The average Bonchev–Trinajstić information content (AvgIpc) is 2.62. The van der Waals surface area contributed by atoms with Crippen LogP contribution >= 0.6 is 0 Å². The Morgan fingerprint density at radius 2 is 2.00 bits per heavy atom. The van der Waals surface area contributed by atoms with Crippen LogP contribution in [-0.4, -0.2) is 36.7 Å². The van der Waals surface area contributed by atoms with Crippen molar-refractivity contribution < 1.29 is 4.74 Å². The fourth-order valence-electron chi connectivity index (χ4n) is 3.46. The normalized spacial score (nSPS) is 27.5. The molecule has 1 aromatic rings. The van der Waals surface area contributed by atoms with Gasteiger partial charge in [-0.05, 0) is 50.3 Å². The summed E-state index contributed by atoms with van der Waals surface area (Å²) in [6.07, 6.45) is 4.49. The lowest BCUT2D eigenvalue weighted by atomic mass is 10.0. The van der Waals surface area contributed by atoms with Gasteiger partial charge in [0.1, 0.15) is 0 Å². The van der Waals surface area contributed by atoms with Crippen LogP contribution in [0.3, 0.4) is 0 Å².